The molecule has 0 spiro atoms. The molecule has 5 nitrogen and oxygen atoms in total. The van der Waals surface area contributed by atoms with E-state index < -0.39 is 0 Å². The van der Waals surface area contributed by atoms with Crippen molar-refractivity contribution in [3.05, 3.63) is 22.2 Å². The second-order valence-corrected chi connectivity index (χ2v) is 6.76. The molecule has 1 aromatic carbocycles. The van der Waals surface area contributed by atoms with E-state index in [9.17, 15) is 4.79 Å². The highest BCUT2D eigenvalue weighted by atomic mass is 79.9. The van der Waals surface area contributed by atoms with Crippen molar-refractivity contribution in [2.24, 2.45) is 0 Å². The summed E-state index contributed by atoms with van der Waals surface area (Å²) in [6.07, 6.45) is 4.01. The fraction of sp³-hybridized carbons (Fsp3) is 0.611. The number of halogens is 1. The third-order valence-electron chi connectivity index (χ3n) is 4.13. The molecule has 0 bridgehead atoms. The fourth-order valence-electron chi connectivity index (χ4n) is 2.91. The van der Waals surface area contributed by atoms with Gasteiger partial charge in [-0.05, 0) is 53.4 Å². The first-order chi connectivity index (χ1) is 11.7. The van der Waals surface area contributed by atoms with Crippen LogP contribution in [0.3, 0.4) is 0 Å². The van der Waals surface area contributed by atoms with Crippen LogP contribution in [0.15, 0.2) is 16.6 Å². The van der Waals surface area contributed by atoms with Crippen LogP contribution in [-0.2, 0) is 11.3 Å². The largest absolute Gasteiger partial charge is 0.492 e. The van der Waals surface area contributed by atoms with Gasteiger partial charge in [-0.1, -0.05) is 6.42 Å². The smallest absolute Gasteiger partial charge is 0.222 e. The first-order valence-corrected chi connectivity index (χ1v) is 9.42. The maximum absolute atomic E-state index is 12.0. The van der Waals surface area contributed by atoms with Crippen molar-refractivity contribution >= 4 is 21.8 Å². The Hall–Kier alpha value is -1.27. The lowest BCUT2D eigenvalue weighted by Crippen LogP contribution is -2.36. The maximum atomic E-state index is 12.0. The predicted octanol–water partition coefficient (Wildman–Crippen LogP) is 3.35. The summed E-state index contributed by atoms with van der Waals surface area (Å²) < 4.78 is 11.9. The van der Waals surface area contributed by atoms with Gasteiger partial charge in [-0.25, -0.2) is 0 Å². The number of nitrogens with one attached hydrogen (secondary N) is 1. The lowest BCUT2D eigenvalue weighted by atomic mass is 10.2. The summed E-state index contributed by atoms with van der Waals surface area (Å²) in [6.45, 7) is 5.73. The van der Waals surface area contributed by atoms with Crippen molar-refractivity contribution in [3.8, 4) is 11.5 Å². The zero-order valence-electron chi connectivity index (χ0n) is 14.6. The van der Waals surface area contributed by atoms with Crippen LogP contribution < -0.4 is 14.8 Å². The zero-order valence-corrected chi connectivity index (χ0v) is 16.2. The van der Waals surface area contributed by atoms with Crippen LogP contribution >= 0.6 is 15.9 Å². The molecule has 0 aliphatic carbocycles. The summed E-state index contributed by atoms with van der Waals surface area (Å²) >= 11 is 3.53. The molecule has 1 N–H and O–H groups in total. The van der Waals surface area contributed by atoms with Gasteiger partial charge in [0.1, 0.15) is 0 Å². The summed E-state index contributed by atoms with van der Waals surface area (Å²) in [5.41, 5.74) is 1.12. The Kier molecular flexibility index (Phi) is 7.85. The maximum Gasteiger partial charge on any atom is 0.222 e. The van der Waals surface area contributed by atoms with E-state index in [0.717, 1.165) is 67.0 Å². The number of benzene rings is 1. The monoisotopic (exact) mass is 398 g/mol. The molecule has 1 fully saturated rings. The second-order valence-electron chi connectivity index (χ2n) is 5.91. The number of ether oxygens (including phenoxy) is 2. The fourth-order valence-corrected chi connectivity index (χ4v) is 3.56. The molecule has 0 saturated carbocycles. The SMILES string of the molecule is CCOc1cc(CNCCN2CCCCCC2=O)cc(Br)c1OC. The van der Waals surface area contributed by atoms with Gasteiger partial charge in [0, 0.05) is 32.6 Å². The lowest BCUT2D eigenvalue weighted by Gasteiger charge is -2.20. The van der Waals surface area contributed by atoms with Crippen LogP contribution in [0.25, 0.3) is 0 Å². The Bertz CT molecular complexity index is 551. The lowest BCUT2D eigenvalue weighted by molar-refractivity contribution is -0.130. The molecule has 1 saturated heterocycles. The molecule has 1 aromatic rings. The van der Waals surface area contributed by atoms with Crippen molar-refractivity contribution in [3.63, 3.8) is 0 Å². The number of amides is 1. The molecule has 0 radical (unpaired) electrons. The number of hydrogen-bond acceptors (Lipinski definition) is 4. The topological polar surface area (TPSA) is 50.8 Å². The minimum Gasteiger partial charge on any atom is -0.492 e. The summed E-state index contributed by atoms with van der Waals surface area (Å²) in [5, 5.41) is 3.41. The number of carbonyl (C=O) groups excluding carboxylic acids is 1. The highest BCUT2D eigenvalue weighted by Crippen LogP contribution is 2.36. The van der Waals surface area contributed by atoms with Crippen LogP contribution in [-0.4, -0.2) is 44.2 Å². The molecular weight excluding hydrogens is 372 g/mol. The Morgan fingerprint density at radius 1 is 1.29 bits per heavy atom. The van der Waals surface area contributed by atoms with E-state index in [4.69, 9.17) is 9.47 Å². The molecule has 2 rings (SSSR count). The third-order valence-corrected chi connectivity index (χ3v) is 4.72. The van der Waals surface area contributed by atoms with E-state index in [1.807, 2.05) is 24.0 Å². The van der Waals surface area contributed by atoms with Crippen molar-refractivity contribution in [1.82, 2.24) is 10.2 Å². The standard InChI is InChI=1S/C18H27BrN2O3/c1-3-24-16-12-14(11-15(19)18(16)23-2)13-20-8-10-21-9-6-4-5-7-17(21)22/h11-12,20H,3-10,13H2,1-2H3. The van der Waals surface area contributed by atoms with Gasteiger partial charge in [-0.15, -0.1) is 0 Å². The Morgan fingerprint density at radius 2 is 2.12 bits per heavy atom. The van der Waals surface area contributed by atoms with Gasteiger partial charge in [0.15, 0.2) is 11.5 Å². The average Bonchev–Trinajstić information content (AvgIpc) is 2.76. The Balaban J connectivity index is 1.86. The highest BCUT2D eigenvalue weighted by molar-refractivity contribution is 9.10. The third kappa shape index (κ3) is 5.38. The molecule has 0 aromatic heterocycles. The van der Waals surface area contributed by atoms with Gasteiger partial charge in [0.25, 0.3) is 0 Å². The van der Waals surface area contributed by atoms with Gasteiger partial charge in [0.05, 0.1) is 18.2 Å². The van der Waals surface area contributed by atoms with Crippen LogP contribution in [0.1, 0.15) is 38.2 Å². The Morgan fingerprint density at radius 3 is 2.88 bits per heavy atom. The molecular formula is C18H27BrN2O3. The molecule has 134 valence electrons. The quantitative estimate of drug-likeness (QED) is 0.682. The number of nitrogens with zero attached hydrogens (tertiary/aromatic N) is 1. The summed E-state index contributed by atoms with van der Waals surface area (Å²) in [7, 11) is 1.64. The number of likely N-dealkylation sites (tertiary alicyclic amines) is 1. The second kappa shape index (κ2) is 9.89. The first kappa shape index (κ1) is 19.1. The molecule has 1 amide bonds. The van der Waals surface area contributed by atoms with Gasteiger partial charge in [0.2, 0.25) is 5.91 Å². The van der Waals surface area contributed by atoms with Gasteiger partial charge < -0.3 is 19.7 Å². The van der Waals surface area contributed by atoms with E-state index in [0.29, 0.717) is 18.9 Å². The van der Waals surface area contributed by atoms with Crippen LogP contribution in [0.2, 0.25) is 0 Å². The Labute approximate surface area is 152 Å². The van der Waals surface area contributed by atoms with E-state index in [-0.39, 0.29) is 0 Å². The molecule has 1 aliphatic heterocycles. The minimum absolute atomic E-state index is 0.292. The van der Waals surface area contributed by atoms with Crippen molar-refractivity contribution in [2.75, 3.05) is 33.4 Å². The molecule has 0 atom stereocenters. The van der Waals surface area contributed by atoms with Crippen molar-refractivity contribution < 1.29 is 14.3 Å². The van der Waals surface area contributed by atoms with Crippen LogP contribution in [0.5, 0.6) is 11.5 Å². The summed E-state index contributed by atoms with van der Waals surface area (Å²) in [4.78, 5) is 14.0. The molecule has 1 heterocycles. The van der Waals surface area contributed by atoms with Gasteiger partial charge >= 0.3 is 0 Å². The molecule has 24 heavy (non-hydrogen) atoms. The highest BCUT2D eigenvalue weighted by Gasteiger charge is 2.16. The first-order valence-electron chi connectivity index (χ1n) is 8.63. The summed E-state index contributed by atoms with van der Waals surface area (Å²) in [5.74, 6) is 1.75. The number of methoxy groups -OCH3 is 1. The number of carbonyl (C=O) groups is 1. The summed E-state index contributed by atoms with van der Waals surface area (Å²) in [6, 6.07) is 4.03. The number of hydrogen-bond donors (Lipinski definition) is 1. The van der Waals surface area contributed by atoms with E-state index in [1.165, 1.54) is 0 Å². The zero-order chi connectivity index (χ0) is 17.4. The minimum atomic E-state index is 0.292. The average molecular weight is 399 g/mol. The number of rotatable bonds is 8. The van der Waals surface area contributed by atoms with Crippen LogP contribution in [0.4, 0.5) is 0 Å². The van der Waals surface area contributed by atoms with E-state index >= 15 is 0 Å². The van der Waals surface area contributed by atoms with Crippen LogP contribution in [0, 0.1) is 0 Å². The van der Waals surface area contributed by atoms with E-state index in [2.05, 4.69) is 21.2 Å². The van der Waals surface area contributed by atoms with E-state index in [1.54, 1.807) is 7.11 Å². The van der Waals surface area contributed by atoms with Gasteiger partial charge in [-0.3, -0.25) is 4.79 Å². The van der Waals surface area contributed by atoms with Crippen molar-refractivity contribution in [2.45, 2.75) is 39.2 Å². The molecule has 0 unspecified atom stereocenters. The molecule has 1 aliphatic rings. The van der Waals surface area contributed by atoms with Gasteiger partial charge in [-0.2, -0.15) is 0 Å². The normalized spacial score (nSPS) is 15.3. The predicted molar refractivity (Wildman–Crippen MR) is 98.6 cm³/mol. The molecule has 6 heteroatoms. The van der Waals surface area contributed by atoms with Crippen molar-refractivity contribution in [1.29, 1.82) is 0 Å².